The van der Waals surface area contributed by atoms with Crippen molar-refractivity contribution in [1.29, 1.82) is 0 Å². The van der Waals surface area contributed by atoms with Crippen molar-refractivity contribution in [2.24, 2.45) is 5.92 Å². The second kappa shape index (κ2) is 4.14. The van der Waals surface area contributed by atoms with Gasteiger partial charge >= 0.3 is 0 Å². The van der Waals surface area contributed by atoms with E-state index in [4.69, 9.17) is 0 Å². The maximum Gasteiger partial charge on any atom is 0.0230 e. The molecule has 1 saturated carbocycles. The van der Waals surface area contributed by atoms with E-state index in [1.165, 1.54) is 30.5 Å². The summed E-state index contributed by atoms with van der Waals surface area (Å²) in [5.74, 6) is 0.991. The molecule has 76 valence electrons. The Morgan fingerprint density at radius 3 is 2.43 bits per heavy atom. The van der Waals surface area contributed by atoms with E-state index in [-0.39, 0.29) is 0 Å². The topological polar surface area (TPSA) is 3.24 Å². The SMILES string of the molecule is Cc1ccc(CN(C)CC2CC2)cc1. The first kappa shape index (κ1) is 9.72. The standard InChI is InChI=1S/C13H19N/c1-11-3-5-12(6-4-11)9-14(2)10-13-7-8-13/h3-6,13H,7-10H2,1-2H3. The van der Waals surface area contributed by atoms with E-state index in [0.717, 1.165) is 12.5 Å². The van der Waals surface area contributed by atoms with Crippen molar-refractivity contribution in [2.75, 3.05) is 13.6 Å². The molecule has 0 unspecified atom stereocenters. The third kappa shape index (κ3) is 2.85. The van der Waals surface area contributed by atoms with Crippen LogP contribution in [0.15, 0.2) is 24.3 Å². The molecule has 1 fully saturated rings. The Hall–Kier alpha value is -0.820. The van der Waals surface area contributed by atoms with Crippen LogP contribution in [-0.4, -0.2) is 18.5 Å². The predicted molar refractivity (Wildman–Crippen MR) is 60.2 cm³/mol. The van der Waals surface area contributed by atoms with Crippen LogP contribution < -0.4 is 0 Å². The summed E-state index contributed by atoms with van der Waals surface area (Å²) >= 11 is 0. The molecule has 0 aliphatic heterocycles. The quantitative estimate of drug-likeness (QED) is 0.704. The number of rotatable bonds is 4. The van der Waals surface area contributed by atoms with Gasteiger partial charge in [-0.3, -0.25) is 0 Å². The van der Waals surface area contributed by atoms with Gasteiger partial charge in [0.15, 0.2) is 0 Å². The molecule has 14 heavy (non-hydrogen) atoms. The van der Waals surface area contributed by atoms with Crippen molar-refractivity contribution in [3.8, 4) is 0 Å². The first-order valence-corrected chi connectivity index (χ1v) is 5.48. The highest BCUT2D eigenvalue weighted by atomic mass is 15.1. The monoisotopic (exact) mass is 189 g/mol. The molecular weight excluding hydrogens is 170 g/mol. The first-order chi connectivity index (χ1) is 6.74. The Morgan fingerprint density at radius 1 is 1.21 bits per heavy atom. The number of nitrogens with zero attached hydrogens (tertiary/aromatic N) is 1. The van der Waals surface area contributed by atoms with Gasteiger partial charge in [0, 0.05) is 13.1 Å². The van der Waals surface area contributed by atoms with E-state index >= 15 is 0 Å². The third-order valence-electron chi connectivity index (χ3n) is 2.84. The van der Waals surface area contributed by atoms with Gasteiger partial charge in [-0.1, -0.05) is 29.8 Å². The van der Waals surface area contributed by atoms with Crippen molar-refractivity contribution in [3.05, 3.63) is 35.4 Å². The molecule has 0 N–H and O–H groups in total. The van der Waals surface area contributed by atoms with E-state index in [1.54, 1.807) is 0 Å². The Balaban J connectivity index is 1.85. The average molecular weight is 189 g/mol. The van der Waals surface area contributed by atoms with Crippen molar-refractivity contribution in [3.63, 3.8) is 0 Å². The Labute approximate surface area is 86.7 Å². The minimum Gasteiger partial charge on any atom is -0.302 e. The van der Waals surface area contributed by atoms with E-state index in [2.05, 4.69) is 43.1 Å². The molecule has 1 nitrogen and oxygen atoms in total. The molecule has 0 bridgehead atoms. The lowest BCUT2D eigenvalue weighted by molar-refractivity contribution is 0.313. The van der Waals surface area contributed by atoms with Crippen LogP contribution in [0.1, 0.15) is 24.0 Å². The van der Waals surface area contributed by atoms with Gasteiger partial charge in [0.25, 0.3) is 0 Å². The highest BCUT2D eigenvalue weighted by molar-refractivity contribution is 5.21. The smallest absolute Gasteiger partial charge is 0.0230 e. The molecule has 0 atom stereocenters. The number of benzene rings is 1. The summed E-state index contributed by atoms with van der Waals surface area (Å²) in [7, 11) is 2.22. The fraction of sp³-hybridized carbons (Fsp3) is 0.538. The second-order valence-electron chi connectivity index (χ2n) is 4.63. The number of aryl methyl sites for hydroxylation is 1. The van der Waals surface area contributed by atoms with E-state index in [1.807, 2.05) is 0 Å². The second-order valence-corrected chi connectivity index (χ2v) is 4.63. The van der Waals surface area contributed by atoms with Crippen LogP contribution >= 0.6 is 0 Å². The molecule has 1 aromatic rings. The molecule has 0 radical (unpaired) electrons. The largest absolute Gasteiger partial charge is 0.302 e. The molecule has 1 aliphatic carbocycles. The lowest BCUT2D eigenvalue weighted by atomic mass is 10.1. The van der Waals surface area contributed by atoms with Crippen LogP contribution in [0.4, 0.5) is 0 Å². The van der Waals surface area contributed by atoms with Gasteiger partial charge in [-0.05, 0) is 38.3 Å². The molecule has 2 rings (SSSR count). The van der Waals surface area contributed by atoms with E-state index < -0.39 is 0 Å². The summed E-state index contributed by atoms with van der Waals surface area (Å²) in [4.78, 5) is 2.43. The van der Waals surface area contributed by atoms with Crippen LogP contribution in [0.5, 0.6) is 0 Å². The normalized spacial score (nSPS) is 16.2. The zero-order valence-corrected chi connectivity index (χ0v) is 9.16. The van der Waals surface area contributed by atoms with Crippen molar-refractivity contribution < 1.29 is 0 Å². The van der Waals surface area contributed by atoms with Crippen LogP contribution in [-0.2, 0) is 6.54 Å². The van der Waals surface area contributed by atoms with Crippen LogP contribution in [0.2, 0.25) is 0 Å². The van der Waals surface area contributed by atoms with Gasteiger partial charge in [-0.2, -0.15) is 0 Å². The molecule has 0 heterocycles. The summed E-state index contributed by atoms with van der Waals surface area (Å²) in [6.45, 7) is 4.50. The minimum absolute atomic E-state index is 0.991. The van der Waals surface area contributed by atoms with Crippen LogP contribution in [0, 0.1) is 12.8 Å². The molecule has 0 saturated heterocycles. The molecular formula is C13H19N. The molecule has 0 aromatic heterocycles. The zero-order chi connectivity index (χ0) is 9.97. The molecule has 1 aromatic carbocycles. The summed E-state index contributed by atoms with van der Waals surface area (Å²) in [6.07, 6.45) is 2.89. The van der Waals surface area contributed by atoms with Gasteiger partial charge < -0.3 is 4.90 Å². The summed E-state index contributed by atoms with van der Waals surface area (Å²) in [6, 6.07) is 8.86. The van der Waals surface area contributed by atoms with Crippen LogP contribution in [0.3, 0.4) is 0 Å². The average Bonchev–Trinajstić information content (AvgIpc) is 2.93. The van der Waals surface area contributed by atoms with Crippen molar-refractivity contribution in [1.82, 2.24) is 4.90 Å². The van der Waals surface area contributed by atoms with Gasteiger partial charge in [-0.15, -0.1) is 0 Å². The van der Waals surface area contributed by atoms with Gasteiger partial charge in [0.2, 0.25) is 0 Å². The lowest BCUT2D eigenvalue weighted by Gasteiger charge is -2.16. The number of hydrogen-bond acceptors (Lipinski definition) is 1. The molecule has 1 aliphatic rings. The van der Waals surface area contributed by atoms with Crippen LogP contribution in [0.25, 0.3) is 0 Å². The number of hydrogen-bond donors (Lipinski definition) is 0. The fourth-order valence-electron chi connectivity index (χ4n) is 1.81. The van der Waals surface area contributed by atoms with Crippen molar-refractivity contribution >= 4 is 0 Å². The summed E-state index contributed by atoms with van der Waals surface area (Å²) < 4.78 is 0. The maximum atomic E-state index is 2.43. The Bertz CT molecular complexity index is 285. The molecule has 1 heteroatoms. The molecule has 0 amide bonds. The Kier molecular flexibility index (Phi) is 2.87. The predicted octanol–water partition coefficient (Wildman–Crippen LogP) is 2.84. The summed E-state index contributed by atoms with van der Waals surface area (Å²) in [5, 5.41) is 0. The van der Waals surface area contributed by atoms with E-state index in [9.17, 15) is 0 Å². The minimum atomic E-state index is 0.991. The molecule has 0 spiro atoms. The zero-order valence-electron chi connectivity index (χ0n) is 9.16. The highest BCUT2D eigenvalue weighted by Crippen LogP contribution is 2.29. The highest BCUT2D eigenvalue weighted by Gasteiger charge is 2.22. The fourth-order valence-corrected chi connectivity index (χ4v) is 1.81. The van der Waals surface area contributed by atoms with Crippen molar-refractivity contribution in [2.45, 2.75) is 26.3 Å². The maximum absolute atomic E-state index is 2.43. The third-order valence-corrected chi connectivity index (χ3v) is 2.84. The Morgan fingerprint density at radius 2 is 1.86 bits per heavy atom. The van der Waals surface area contributed by atoms with Gasteiger partial charge in [0.05, 0.1) is 0 Å². The van der Waals surface area contributed by atoms with Gasteiger partial charge in [0.1, 0.15) is 0 Å². The lowest BCUT2D eigenvalue weighted by Crippen LogP contribution is -2.20. The van der Waals surface area contributed by atoms with E-state index in [0.29, 0.717) is 0 Å². The first-order valence-electron chi connectivity index (χ1n) is 5.48. The van der Waals surface area contributed by atoms with Gasteiger partial charge in [-0.25, -0.2) is 0 Å². The summed E-state index contributed by atoms with van der Waals surface area (Å²) in [5.41, 5.74) is 2.78.